The predicted octanol–water partition coefficient (Wildman–Crippen LogP) is 3.56. The van der Waals surface area contributed by atoms with Gasteiger partial charge in [-0.3, -0.25) is 4.79 Å². The molecule has 4 heteroatoms. The number of rotatable bonds is 3. The Balaban J connectivity index is 1.98. The summed E-state index contributed by atoms with van der Waals surface area (Å²) in [5.74, 6) is 6.28. The molecule has 0 saturated heterocycles. The van der Waals surface area contributed by atoms with Gasteiger partial charge in [0.25, 0.3) is 0 Å². The number of amides is 1. The molecule has 0 bridgehead atoms. The van der Waals surface area contributed by atoms with Crippen molar-refractivity contribution in [3.63, 3.8) is 0 Å². The first-order valence-electron chi connectivity index (χ1n) is 7.47. The van der Waals surface area contributed by atoms with E-state index >= 15 is 0 Å². The van der Waals surface area contributed by atoms with Gasteiger partial charge in [0.15, 0.2) is 0 Å². The van der Waals surface area contributed by atoms with Gasteiger partial charge in [0, 0.05) is 12.0 Å². The molecule has 21 heavy (non-hydrogen) atoms. The topological polar surface area (TPSA) is 55.1 Å². The third-order valence-corrected chi connectivity index (χ3v) is 4.10. The van der Waals surface area contributed by atoms with Crippen LogP contribution >= 0.6 is 11.6 Å². The van der Waals surface area contributed by atoms with Gasteiger partial charge in [-0.2, -0.15) is 0 Å². The fourth-order valence-corrected chi connectivity index (χ4v) is 2.87. The van der Waals surface area contributed by atoms with Crippen LogP contribution in [0.2, 0.25) is 5.02 Å². The SMILES string of the molecule is NCC#Cc1ccc(Cl)c(NC(=O)CC2CCCCC2)c1. The summed E-state index contributed by atoms with van der Waals surface area (Å²) in [6.45, 7) is 0.312. The number of nitrogens with one attached hydrogen (secondary N) is 1. The van der Waals surface area contributed by atoms with Gasteiger partial charge < -0.3 is 11.1 Å². The summed E-state index contributed by atoms with van der Waals surface area (Å²) in [5.41, 5.74) is 6.79. The van der Waals surface area contributed by atoms with Crippen LogP contribution in [0.15, 0.2) is 18.2 Å². The molecule has 0 spiro atoms. The first-order valence-corrected chi connectivity index (χ1v) is 7.85. The zero-order valence-corrected chi connectivity index (χ0v) is 12.9. The van der Waals surface area contributed by atoms with Crippen LogP contribution in [0.5, 0.6) is 0 Å². The number of anilines is 1. The van der Waals surface area contributed by atoms with Crippen molar-refractivity contribution in [3.8, 4) is 11.8 Å². The van der Waals surface area contributed by atoms with E-state index in [2.05, 4.69) is 17.2 Å². The van der Waals surface area contributed by atoms with Crippen LogP contribution in [-0.2, 0) is 4.79 Å². The highest BCUT2D eigenvalue weighted by Gasteiger charge is 2.17. The molecular formula is C17H21ClN2O. The van der Waals surface area contributed by atoms with Gasteiger partial charge in [0.2, 0.25) is 5.91 Å². The molecule has 0 aromatic heterocycles. The predicted molar refractivity (Wildman–Crippen MR) is 87.2 cm³/mol. The van der Waals surface area contributed by atoms with Crippen LogP contribution in [0.3, 0.4) is 0 Å². The van der Waals surface area contributed by atoms with Gasteiger partial charge in [0.05, 0.1) is 17.3 Å². The van der Waals surface area contributed by atoms with Crippen molar-refractivity contribution in [1.29, 1.82) is 0 Å². The Bertz CT molecular complexity index is 554. The summed E-state index contributed by atoms with van der Waals surface area (Å²) in [6, 6.07) is 5.36. The van der Waals surface area contributed by atoms with E-state index in [0.717, 1.165) is 18.4 Å². The fraction of sp³-hybridized carbons (Fsp3) is 0.471. The zero-order valence-electron chi connectivity index (χ0n) is 12.1. The van der Waals surface area contributed by atoms with Gasteiger partial charge in [-0.25, -0.2) is 0 Å². The van der Waals surface area contributed by atoms with Crippen LogP contribution in [0.25, 0.3) is 0 Å². The summed E-state index contributed by atoms with van der Waals surface area (Å²) in [6.07, 6.45) is 6.67. The lowest BCUT2D eigenvalue weighted by molar-refractivity contribution is -0.117. The number of hydrogen-bond acceptors (Lipinski definition) is 2. The largest absolute Gasteiger partial charge is 0.325 e. The normalized spacial score (nSPS) is 15.1. The Morgan fingerprint density at radius 2 is 2.10 bits per heavy atom. The summed E-state index contributed by atoms with van der Waals surface area (Å²) < 4.78 is 0. The van der Waals surface area contributed by atoms with Crippen molar-refractivity contribution in [2.24, 2.45) is 11.7 Å². The lowest BCUT2D eigenvalue weighted by Crippen LogP contribution is -2.18. The van der Waals surface area contributed by atoms with E-state index in [4.69, 9.17) is 17.3 Å². The average molecular weight is 305 g/mol. The molecule has 0 heterocycles. The molecule has 1 aliphatic rings. The Kier molecular flexibility index (Phi) is 6.10. The molecule has 112 valence electrons. The minimum atomic E-state index is 0.0349. The molecule has 3 N–H and O–H groups in total. The van der Waals surface area contributed by atoms with E-state index in [1.807, 2.05) is 6.07 Å². The third-order valence-electron chi connectivity index (χ3n) is 3.77. The maximum Gasteiger partial charge on any atom is 0.224 e. The molecule has 1 aliphatic carbocycles. The minimum absolute atomic E-state index is 0.0349. The Morgan fingerprint density at radius 3 is 2.81 bits per heavy atom. The van der Waals surface area contributed by atoms with Gasteiger partial charge >= 0.3 is 0 Å². The molecule has 0 atom stereocenters. The van der Waals surface area contributed by atoms with Gasteiger partial charge in [0.1, 0.15) is 0 Å². The van der Waals surface area contributed by atoms with Crippen LogP contribution in [0, 0.1) is 17.8 Å². The molecule has 0 aliphatic heterocycles. The second kappa shape index (κ2) is 8.07. The molecule has 0 radical (unpaired) electrons. The number of benzene rings is 1. The third kappa shape index (κ3) is 5.08. The van der Waals surface area contributed by atoms with E-state index in [1.165, 1.54) is 19.3 Å². The van der Waals surface area contributed by atoms with E-state index in [0.29, 0.717) is 29.6 Å². The molecule has 1 fully saturated rings. The molecule has 2 rings (SSSR count). The lowest BCUT2D eigenvalue weighted by atomic mass is 9.87. The summed E-state index contributed by atoms with van der Waals surface area (Å²) in [7, 11) is 0. The average Bonchev–Trinajstić information content (AvgIpc) is 2.49. The van der Waals surface area contributed by atoms with E-state index < -0.39 is 0 Å². The van der Waals surface area contributed by atoms with Crippen LogP contribution < -0.4 is 11.1 Å². The maximum absolute atomic E-state index is 12.1. The van der Waals surface area contributed by atoms with Gasteiger partial charge in [-0.15, -0.1) is 0 Å². The van der Waals surface area contributed by atoms with Crippen LogP contribution in [0.4, 0.5) is 5.69 Å². The number of carbonyl (C=O) groups excluding carboxylic acids is 1. The second-order valence-corrected chi connectivity index (χ2v) is 5.86. The minimum Gasteiger partial charge on any atom is -0.325 e. The molecular weight excluding hydrogens is 284 g/mol. The highest BCUT2D eigenvalue weighted by atomic mass is 35.5. The van der Waals surface area contributed by atoms with Gasteiger partial charge in [-0.1, -0.05) is 42.7 Å². The van der Waals surface area contributed by atoms with Gasteiger partial charge in [-0.05, 0) is 37.0 Å². The van der Waals surface area contributed by atoms with Crippen molar-refractivity contribution < 1.29 is 4.79 Å². The Hall–Kier alpha value is -1.50. The van der Waals surface area contributed by atoms with Crippen molar-refractivity contribution in [1.82, 2.24) is 0 Å². The first kappa shape index (κ1) is 15.9. The molecule has 1 aromatic carbocycles. The van der Waals surface area contributed by atoms with Crippen molar-refractivity contribution in [3.05, 3.63) is 28.8 Å². The molecule has 3 nitrogen and oxygen atoms in total. The second-order valence-electron chi connectivity index (χ2n) is 5.46. The highest BCUT2D eigenvalue weighted by molar-refractivity contribution is 6.33. The summed E-state index contributed by atoms with van der Waals surface area (Å²) >= 11 is 6.13. The summed E-state index contributed by atoms with van der Waals surface area (Å²) in [4.78, 5) is 12.1. The quantitative estimate of drug-likeness (QED) is 0.839. The standard InChI is InChI=1S/C17H21ClN2O/c18-15-9-8-14(7-4-10-19)11-16(15)20-17(21)12-13-5-2-1-3-6-13/h8-9,11,13H,1-3,5-6,10,12,19H2,(H,20,21). The monoisotopic (exact) mass is 304 g/mol. The Labute approximate surface area is 131 Å². The zero-order chi connectivity index (χ0) is 15.1. The Morgan fingerprint density at radius 1 is 1.33 bits per heavy atom. The summed E-state index contributed by atoms with van der Waals surface area (Å²) in [5, 5.41) is 3.44. The van der Waals surface area contributed by atoms with E-state index in [-0.39, 0.29) is 5.91 Å². The molecule has 1 amide bonds. The smallest absolute Gasteiger partial charge is 0.224 e. The van der Waals surface area contributed by atoms with Crippen molar-refractivity contribution in [2.45, 2.75) is 38.5 Å². The number of hydrogen-bond donors (Lipinski definition) is 2. The number of halogens is 1. The van der Waals surface area contributed by atoms with Crippen molar-refractivity contribution >= 4 is 23.2 Å². The van der Waals surface area contributed by atoms with Crippen LogP contribution in [-0.4, -0.2) is 12.5 Å². The van der Waals surface area contributed by atoms with E-state index in [9.17, 15) is 4.79 Å². The number of nitrogens with two attached hydrogens (primary N) is 1. The molecule has 1 aromatic rings. The van der Waals surface area contributed by atoms with E-state index in [1.54, 1.807) is 12.1 Å². The molecule has 0 unspecified atom stereocenters. The lowest BCUT2D eigenvalue weighted by Gasteiger charge is -2.21. The first-order chi connectivity index (χ1) is 10.2. The number of carbonyl (C=O) groups is 1. The maximum atomic E-state index is 12.1. The van der Waals surface area contributed by atoms with Crippen LogP contribution in [0.1, 0.15) is 44.1 Å². The van der Waals surface area contributed by atoms with Crippen molar-refractivity contribution in [2.75, 3.05) is 11.9 Å². The molecule has 1 saturated carbocycles. The highest BCUT2D eigenvalue weighted by Crippen LogP contribution is 2.28. The fourth-order valence-electron chi connectivity index (χ4n) is 2.71.